The van der Waals surface area contributed by atoms with Gasteiger partial charge >= 0.3 is 0 Å². The Bertz CT molecular complexity index is 350. The molecule has 0 aliphatic heterocycles. The molecule has 4 heteroatoms. The fraction of sp³-hybridized carbons (Fsp3) is 0.688. The minimum Gasteiger partial charge on any atom is -0.490 e. The molecule has 20 heavy (non-hydrogen) atoms. The lowest BCUT2D eigenvalue weighted by atomic mass is 10.1. The molecule has 1 N–H and O–H groups in total. The minimum atomic E-state index is 0.468. The summed E-state index contributed by atoms with van der Waals surface area (Å²) in [6.07, 6.45) is 2.87. The van der Waals surface area contributed by atoms with Gasteiger partial charge in [0.05, 0.1) is 18.5 Å². The van der Waals surface area contributed by atoms with Gasteiger partial charge in [0.2, 0.25) is 0 Å². The maximum Gasteiger partial charge on any atom is 0.137 e. The van der Waals surface area contributed by atoms with Crippen molar-refractivity contribution in [3.8, 4) is 5.75 Å². The molecule has 0 saturated heterocycles. The van der Waals surface area contributed by atoms with Crippen molar-refractivity contribution in [3.63, 3.8) is 0 Å². The molecule has 0 spiro atoms. The summed E-state index contributed by atoms with van der Waals surface area (Å²) in [7, 11) is 0. The fourth-order valence-corrected chi connectivity index (χ4v) is 1.55. The van der Waals surface area contributed by atoms with Crippen LogP contribution in [0.25, 0.3) is 0 Å². The first-order valence-corrected chi connectivity index (χ1v) is 7.46. The summed E-state index contributed by atoms with van der Waals surface area (Å²) in [5.41, 5.74) is 1.03. The number of rotatable bonds is 10. The Kier molecular flexibility index (Phi) is 8.23. The highest BCUT2D eigenvalue weighted by Gasteiger charge is 1.99. The van der Waals surface area contributed by atoms with E-state index in [0.29, 0.717) is 25.2 Å². The molecular weight excluding hydrogens is 252 g/mol. The minimum absolute atomic E-state index is 0.468. The number of hydrogen-bond donors (Lipinski definition) is 1. The summed E-state index contributed by atoms with van der Waals surface area (Å²) in [4.78, 5) is 4.36. The number of aromatic nitrogens is 1. The summed E-state index contributed by atoms with van der Waals surface area (Å²) in [5, 5.41) is 3.33. The third kappa shape index (κ3) is 8.12. The Labute approximate surface area is 122 Å². The first-order valence-electron chi connectivity index (χ1n) is 7.46. The molecule has 0 fully saturated rings. The Balaban J connectivity index is 2.15. The van der Waals surface area contributed by atoms with E-state index in [1.165, 1.54) is 0 Å². The number of pyridine rings is 1. The van der Waals surface area contributed by atoms with Crippen molar-refractivity contribution in [1.29, 1.82) is 0 Å². The molecule has 1 aromatic rings. The van der Waals surface area contributed by atoms with Gasteiger partial charge < -0.3 is 14.8 Å². The van der Waals surface area contributed by atoms with E-state index in [4.69, 9.17) is 9.47 Å². The third-order valence-electron chi connectivity index (χ3n) is 2.82. The summed E-state index contributed by atoms with van der Waals surface area (Å²) in [6, 6.07) is 4.42. The van der Waals surface area contributed by atoms with Crippen molar-refractivity contribution in [1.82, 2.24) is 10.3 Å². The fourth-order valence-electron chi connectivity index (χ4n) is 1.55. The number of nitrogens with one attached hydrogen (secondary N) is 1. The predicted octanol–water partition coefficient (Wildman–Crippen LogP) is 3.02. The molecule has 114 valence electrons. The van der Waals surface area contributed by atoms with Gasteiger partial charge in [-0.2, -0.15) is 0 Å². The number of ether oxygens (including phenoxy) is 2. The van der Waals surface area contributed by atoms with E-state index >= 15 is 0 Å². The second kappa shape index (κ2) is 9.72. The topological polar surface area (TPSA) is 43.4 Å². The predicted molar refractivity (Wildman–Crippen MR) is 82.0 cm³/mol. The van der Waals surface area contributed by atoms with Gasteiger partial charge in [-0.25, -0.2) is 0 Å². The second-order valence-corrected chi connectivity index (χ2v) is 5.66. The highest BCUT2D eigenvalue weighted by molar-refractivity contribution is 5.19. The van der Waals surface area contributed by atoms with Crippen LogP contribution in [0.1, 0.15) is 39.8 Å². The van der Waals surface area contributed by atoms with Gasteiger partial charge in [0, 0.05) is 19.2 Å². The molecule has 4 nitrogen and oxygen atoms in total. The van der Waals surface area contributed by atoms with Crippen molar-refractivity contribution in [2.45, 2.75) is 46.7 Å². The van der Waals surface area contributed by atoms with Gasteiger partial charge in [0.1, 0.15) is 12.4 Å². The highest BCUT2D eigenvalue weighted by atomic mass is 16.5. The molecule has 0 aliphatic carbocycles. The van der Waals surface area contributed by atoms with Crippen LogP contribution in [0.2, 0.25) is 0 Å². The summed E-state index contributed by atoms with van der Waals surface area (Å²) in [6.45, 7) is 11.4. The lowest BCUT2D eigenvalue weighted by Crippen LogP contribution is -2.22. The Morgan fingerprint density at radius 3 is 2.50 bits per heavy atom. The van der Waals surface area contributed by atoms with Gasteiger partial charge in [-0.1, -0.05) is 27.7 Å². The molecule has 1 aromatic heterocycles. The molecule has 0 saturated carbocycles. The molecule has 1 rings (SSSR count). The summed E-state index contributed by atoms with van der Waals surface area (Å²) < 4.78 is 11.1. The maximum atomic E-state index is 5.59. The molecule has 0 atom stereocenters. The van der Waals surface area contributed by atoms with Crippen molar-refractivity contribution in [3.05, 3.63) is 24.0 Å². The van der Waals surface area contributed by atoms with Gasteiger partial charge in [-0.05, 0) is 24.5 Å². The van der Waals surface area contributed by atoms with Crippen LogP contribution in [-0.2, 0) is 11.3 Å². The Morgan fingerprint density at radius 1 is 1.10 bits per heavy atom. The molecule has 1 heterocycles. The largest absolute Gasteiger partial charge is 0.490 e. The summed E-state index contributed by atoms with van der Waals surface area (Å²) >= 11 is 0. The highest BCUT2D eigenvalue weighted by Crippen LogP contribution is 2.09. The van der Waals surface area contributed by atoms with E-state index in [1.807, 2.05) is 12.1 Å². The van der Waals surface area contributed by atoms with Gasteiger partial charge in [0.15, 0.2) is 0 Å². The van der Waals surface area contributed by atoms with Gasteiger partial charge in [-0.15, -0.1) is 0 Å². The smallest absolute Gasteiger partial charge is 0.137 e. The normalized spacial score (nSPS) is 11.3. The van der Waals surface area contributed by atoms with E-state index in [2.05, 4.69) is 38.0 Å². The van der Waals surface area contributed by atoms with Crippen LogP contribution in [0.15, 0.2) is 18.3 Å². The quantitative estimate of drug-likeness (QED) is 0.669. The SMILES string of the molecule is CC(C)CCOCCOc1ccc(CNC(C)C)nc1. The van der Waals surface area contributed by atoms with Crippen LogP contribution in [0.5, 0.6) is 5.75 Å². The number of hydrogen-bond acceptors (Lipinski definition) is 4. The van der Waals surface area contributed by atoms with E-state index in [0.717, 1.165) is 31.0 Å². The van der Waals surface area contributed by atoms with Gasteiger partial charge in [0.25, 0.3) is 0 Å². The third-order valence-corrected chi connectivity index (χ3v) is 2.82. The van der Waals surface area contributed by atoms with Gasteiger partial charge in [-0.3, -0.25) is 4.98 Å². The van der Waals surface area contributed by atoms with Crippen LogP contribution in [0, 0.1) is 5.92 Å². The first kappa shape index (κ1) is 16.9. The monoisotopic (exact) mass is 280 g/mol. The average molecular weight is 280 g/mol. The lowest BCUT2D eigenvalue weighted by Gasteiger charge is -2.09. The van der Waals surface area contributed by atoms with Crippen LogP contribution in [0.3, 0.4) is 0 Å². The van der Waals surface area contributed by atoms with E-state index in [1.54, 1.807) is 6.20 Å². The molecule has 0 amide bonds. The molecule has 0 aromatic carbocycles. The second-order valence-electron chi connectivity index (χ2n) is 5.66. The van der Waals surface area contributed by atoms with Crippen LogP contribution in [-0.4, -0.2) is 30.8 Å². The summed E-state index contributed by atoms with van der Waals surface area (Å²) in [5.74, 6) is 1.48. The van der Waals surface area contributed by atoms with Crippen LogP contribution >= 0.6 is 0 Å². The van der Waals surface area contributed by atoms with Crippen molar-refractivity contribution in [2.75, 3.05) is 19.8 Å². The number of nitrogens with zero attached hydrogens (tertiary/aromatic N) is 1. The standard InChI is InChI=1S/C16H28N2O2/c1-13(2)7-8-19-9-10-20-16-6-5-15(18-12-16)11-17-14(3)4/h5-6,12-14,17H,7-11H2,1-4H3. The zero-order chi connectivity index (χ0) is 14.8. The van der Waals surface area contributed by atoms with Crippen molar-refractivity contribution >= 4 is 0 Å². The van der Waals surface area contributed by atoms with E-state index in [9.17, 15) is 0 Å². The molecule has 0 unspecified atom stereocenters. The lowest BCUT2D eigenvalue weighted by molar-refractivity contribution is 0.0924. The van der Waals surface area contributed by atoms with E-state index < -0.39 is 0 Å². The van der Waals surface area contributed by atoms with Crippen molar-refractivity contribution < 1.29 is 9.47 Å². The van der Waals surface area contributed by atoms with Crippen LogP contribution in [0.4, 0.5) is 0 Å². The zero-order valence-corrected chi connectivity index (χ0v) is 13.2. The molecule has 0 aliphatic rings. The first-order chi connectivity index (χ1) is 9.58. The van der Waals surface area contributed by atoms with E-state index in [-0.39, 0.29) is 0 Å². The zero-order valence-electron chi connectivity index (χ0n) is 13.2. The molecular formula is C16H28N2O2. The Hall–Kier alpha value is -1.13. The van der Waals surface area contributed by atoms with Crippen LogP contribution < -0.4 is 10.1 Å². The molecule has 0 bridgehead atoms. The van der Waals surface area contributed by atoms with Crippen molar-refractivity contribution in [2.24, 2.45) is 5.92 Å². The maximum absolute atomic E-state index is 5.59. The molecule has 0 radical (unpaired) electrons. The average Bonchev–Trinajstić information content (AvgIpc) is 2.41. The Morgan fingerprint density at radius 2 is 1.90 bits per heavy atom.